The molecule has 1 aliphatic rings. The van der Waals surface area contributed by atoms with Crippen LogP contribution in [-0.4, -0.2) is 67.9 Å². The van der Waals surface area contributed by atoms with Crippen molar-refractivity contribution in [3.8, 4) is 16.9 Å². The first-order valence-electron chi connectivity index (χ1n) is 12.1. The zero-order chi connectivity index (χ0) is 26.2. The maximum atomic E-state index is 15.3. The normalized spacial score (nSPS) is 14.7. The molecule has 38 heavy (non-hydrogen) atoms. The molecule has 6 rings (SSSR count). The van der Waals surface area contributed by atoms with Crippen LogP contribution < -0.4 is 10.1 Å². The van der Waals surface area contributed by atoms with Gasteiger partial charge < -0.3 is 19.7 Å². The van der Waals surface area contributed by atoms with Gasteiger partial charge in [0.05, 0.1) is 51.7 Å². The minimum atomic E-state index is -0.779. The molecule has 1 aliphatic heterocycles. The SMILES string of the molecule is CC(Oc1cc(-c2cnn(C)c2)cc2ncnc(Nc3ccc4ncsc4c3F)c12)C(=O)N1CCOCC1. The van der Waals surface area contributed by atoms with Gasteiger partial charge in [-0.05, 0) is 36.8 Å². The van der Waals surface area contributed by atoms with E-state index < -0.39 is 11.9 Å². The number of anilines is 2. The van der Waals surface area contributed by atoms with Crippen LogP contribution in [0.15, 0.2) is 48.5 Å². The van der Waals surface area contributed by atoms with E-state index in [-0.39, 0.29) is 11.6 Å². The summed E-state index contributed by atoms with van der Waals surface area (Å²) in [5, 5.41) is 7.91. The summed E-state index contributed by atoms with van der Waals surface area (Å²) in [4.78, 5) is 27.9. The lowest BCUT2D eigenvalue weighted by atomic mass is 10.1. The highest BCUT2D eigenvalue weighted by molar-refractivity contribution is 7.16. The van der Waals surface area contributed by atoms with Gasteiger partial charge in [-0.3, -0.25) is 9.48 Å². The summed E-state index contributed by atoms with van der Waals surface area (Å²) in [5.74, 6) is 0.206. The fourth-order valence-corrected chi connectivity index (χ4v) is 5.21. The number of carbonyl (C=O) groups is 1. The van der Waals surface area contributed by atoms with Crippen LogP contribution in [0.1, 0.15) is 6.92 Å². The fraction of sp³-hybridized carbons (Fsp3) is 0.269. The Morgan fingerprint density at radius 3 is 2.79 bits per heavy atom. The van der Waals surface area contributed by atoms with Gasteiger partial charge >= 0.3 is 0 Å². The molecule has 0 spiro atoms. The van der Waals surface area contributed by atoms with Crippen molar-refractivity contribution in [3.05, 3.63) is 54.3 Å². The van der Waals surface area contributed by atoms with Crippen molar-refractivity contribution < 1.29 is 18.7 Å². The second-order valence-corrected chi connectivity index (χ2v) is 9.80. The zero-order valence-corrected chi connectivity index (χ0v) is 21.5. The molecule has 4 heterocycles. The van der Waals surface area contributed by atoms with Crippen LogP contribution in [0.3, 0.4) is 0 Å². The molecule has 1 fully saturated rings. The van der Waals surface area contributed by atoms with E-state index in [1.807, 2.05) is 25.4 Å². The Hall–Kier alpha value is -4.16. The number of aryl methyl sites for hydroxylation is 1. The minimum Gasteiger partial charge on any atom is -0.480 e. The highest BCUT2D eigenvalue weighted by Crippen LogP contribution is 2.38. The number of nitrogens with zero attached hydrogens (tertiary/aromatic N) is 6. The molecule has 10 nitrogen and oxygen atoms in total. The van der Waals surface area contributed by atoms with Crippen molar-refractivity contribution >= 4 is 49.9 Å². The second kappa shape index (κ2) is 9.95. The van der Waals surface area contributed by atoms with E-state index in [0.29, 0.717) is 59.0 Å². The van der Waals surface area contributed by atoms with E-state index in [1.165, 1.54) is 17.7 Å². The molecule has 194 valence electrons. The Morgan fingerprint density at radius 2 is 2.00 bits per heavy atom. The van der Waals surface area contributed by atoms with Gasteiger partial charge in [0.1, 0.15) is 17.9 Å². The van der Waals surface area contributed by atoms with Gasteiger partial charge in [-0.1, -0.05) is 0 Å². The predicted octanol–water partition coefficient (Wildman–Crippen LogP) is 4.15. The Morgan fingerprint density at radius 1 is 1.16 bits per heavy atom. The Balaban J connectivity index is 1.43. The number of hydrogen-bond donors (Lipinski definition) is 1. The second-order valence-electron chi connectivity index (χ2n) is 8.94. The van der Waals surface area contributed by atoms with E-state index >= 15 is 4.39 Å². The molecule has 1 N–H and O–H groups in total. The zero-order valence-electron chi connectivity index (χ0n) is 20.7. The molecule has 2 aromatic carbocycles. The highest BCUT2D eigenvalue weighted by Gasteiger charge is 2.26. The molecule has 1 saturated heterocycles. The van der Waals surface area contributed by atoms with E-state index in [4.69, 9.17) is 9.47 Å². The number of hydrogen-bond acceptors (Lipinski definition) is 9. The van der Waals surface area contributed by atoms with E-state index in [9.17, 15) is 4.79 Å². The quantitative estimate of drug-likeness (QED) is 0.347. The predicted molar refractivity (Wildman–Crippen MR) is 142 cm³/mol. The lowest BCUT2D eigenvalue weighted by molar-refractivity contribution is -0.142. The standard InChI is InChI=1S/C26H24FN7O3S/c1-15(26(35)34-5-7-36-8-6-34)37-21-10-16(17-11-31-33(2)12-17)9-20-22(21)25(29-13-28-20)32-18-3-4-19-24(23(18)27)38-14-30-19/h3-4,9-15H,5-8H2,1-2H3,(H,28,29,32). The number of rotatable bonds is 6. The molecule has 3 aromatic heterocycles. The smallest absolute Gasteiger partial charge is 0.263 e. The lowest BCUT2D eigenvalue weighted by Crippen LogP contribution is -2.46. The van der Waals surface area contributed by atoms with Crippen molar-refractivity contribution in [1.82, 2.24) is 29.6 Å². The molecule has 1 amide bonds. The van der Waals surface area contributed by atoms with E-state index in [0.717, 1.165) is 11.1 Å². The van der Waals surface area contributed by atoms with Gasteiger partial charge in [0.25, 0.3) is 5.91 Å². The van der Waals surface area contributed by atoms with Crippen molar-refractivity contribution in [2.24, 2.45) is 7.05 Å². The fourth-order valence-electron chi connectivity index (χ4n) is 4.48. The van der Waals surface area contributed by atoms with Crippen LogP contribution in [0, 0.1) is 5.82 Å². The van der Waals surface area contributed by atoms with Crippen LogP contribution in [0.2, 0.25) is 0 Å². The van der Waals surface area contributed by atoms with E-state index in [2.05, 4.69) is 25.4 Å². The van der Waals surface area contributed by atoms with Crippen molar-refractivity contribution in [3.63, 3.8) is 0 Å². The number of halogens is 1. The Kier molecular flexibility index (Phi) is 6.34. The molecule has 0 radical (unpaired) electrons. The number of fused-ring (bicyclic) bond motifs is 2. The highest BCUT2D eigenvalue weighted by atomic mass is 32.1. The Labute approximate surface area is 221 Å². The van der Waals surface area contributed by atoms with Crippen molar-refractivity contribution in [1.29, 1.82) is 0 Å². The molecule has 5 aromatic rings. The summed E-state index contributed by atoms with van der Waals surface area (Å²) in [6.07, 6.45) is 4.26. The summed E-state index contributed by atoms with van der Waals surface area (Å²) < 4.78 is 29.1. The van der Waals surface area contributed by atoms with Gasteiger partial charge in [0, 0.05) is 31.9 Å². The molecule has 0 aliphatic carbocycles. The third-order valence-corrected chi connectivity index (χ3v) is 7.24. The summed E-state index contributed by atoms with van der Waals surface area (Å²) in [6, 6.07) is 7.10. The third-order valence-electron chi connectivity index (χ3n) is 6.41. The summed E-state index contributed by atoms with van der Waals surface area (Å²) in [7, 11) is 1.84. The summed E-state index contributed by atoms with van der Waals surface area (Å²) >= 11 is 1.23. The number of benzene rings is 2. The molecular formula is C26H24FN7O3S. The average Bonchev–Trinajstić information content (AvgIpc) is 3.60. The number of aromatic nitrogens is 5. The lowest BCUT2D eigenvalue weighted by Gasteiger charge is -2.29. The number of carbonyl (C=O) groups excluding carboxylic acids is 1. The van der Waals surface area contributed by atoms with Gasteiger partial charge in [0.15, 0.2) is 11.9 Å². The van der Waals surface area contributed by atoms with Crippen molar-refractivity contribution in [2.75, 3.05) is 31.6 Å². The topological polar surface area (TPSA) is 107 Å². The van der Waals surface area contributed by atoms with Crippen LogP contribution in [0.25, 0.3) is 32.2 Å². The monoisotopic (exact) mass is 533 g/mol. The van der Waals surface area contributed by atoms with Gasteiger partial charge in [-0.2, -0.15) is 5.10 Å². The van der Waals surface area contributed by atoms with Gasteiger partial charge in [-0.25, -0.2) is 19.3 Å². The molecule has 12 heteroatoms. The molecule has 1 unspecified atom stereocenters. The molecule has 0 bridgehead atoms. The van der Waals surface area contributed by atoms with Gasteiger partial charge in [0.2, 0.25) is 0 Å². The van der Waals surface area contributed by atoms with Crippen LogP contribution in [0.4, 0.5) is 15.9 Å². The Bertz CT molecular complexity index is 1650. The largest absolute Gasteiger partial charge is 0.480 e. The van der Waals surface area contributed by atoms with E-state index in [1.54, 1.807) is 40.3 Å². The number of thiazole rings is 1. The first-order chi connectivity index (χ1) is 18.5. The molecule has 1 atom stereocenters. The van der Waals surface area contributed by atoms with Crippen LogP contribution >= 0.6 is 11.3 Å². The molecule has 0 saturated carbocycles. The number of morpholine rings is 1. The van der Waals surface area contributed by atoms with Crippen LogP contribution in [-0.2, 0) is 16.6 Å². The maximum absolute atomic E-state index is 15.3. The first kappa shape index (κ1) is 24.2. The third kappa shape index (κ3) is 4.52. The summed E-state index contributed by atoms with van der Waals surface area (Å²) in [5.41, 5.74) is 4.70. The number of amides is 1. The number of nitrogens with one attached hydrogen (secondary N) is 1. The first-order valence-corrected chi connectivity index (χ1v) is 13.0. The minimum absolute atomic E-state index is 0.138. The number of ether oxygens (including phenoxy) is 2. The average molecular weight is 534 g/mol. The van der Waals surface area contributed by atoms with Crippen LogP contribution in [0.5, 0.6) is 5.75 Å². The molecular weight excluding hydrogens is 509 g/mol. The summed E-state index contributed by atoms with van der Waals surface area (Å²) in [6.45, 7) is 3.73. The van der Waals surface area contributed by atoms with Gasteiger partial charge in [-0.15, -0.1) is 11.3 Å². The van der Waals surface area contributed by atoms with Crippen molar-refractivity contribution in [2.45, 2.75) is 13.0 Å². The maximum Gasteiger partial charge on any atom is 0.263 e.